The second-order valence-corrected chi connectivity index (χ2v) is 5.98. The summed E-state index contributed by atoms with van der Waals surface area (Å²) in [6.07, 6.45) is 8.21. The second-order valence-electron chi connectivity index (χ2n) is 5.98. The summed E-state index contributed by atoms with van der Waals surface area (Å²) in [4.78, 5) is 6.95. The smallest absolute Gasteiger partial charge is 0.122 e. The van der Waals surface area contributed by atoms with Gasteiger partial charge < -0.3 is 4.57 Å². The maximum absolute atomic E-state index is 9.57. The minimum Gasteiger partial charge on any atom is -0.333 e. The molecule has 1 aliphatic heterocycles. The van der Waals surface area contributed by atoms with Gasteiger partial charge in [-0.25, -0.2) is 4.98 Å². The summed E-state index contributed by atoms with van der Waals surface area (Å²) in [5.74, 6) is 1.16. The van der Waals surface area contributed by atoms with Crippen molar-refractivity contribution in [2.75, 3.05) is 13.1 Å². The first-order valence-electron chi connectivity index (χ1n) is 7.67. The quantitative estimate of drug-likeness (QED) is 0.907. The zero-order valence-electron chi connectivity index (χ0n) is 12.2. The van der Waals surface area contributed by atoms with Gasteiger partial charge in [-0.1, -0.05) is 6.92 Å². The average molecular weight is 273 g/mol. The zero-order chi connectivity index (χ0) is 14.0. The molecule has 5 heteroatoms. The summed E-state index contributed by atoms with van der Waals surface area (Å²) in [6.45, 7) is 5.96. The Morgan fingerprint density at radius 2 is 2.45 bits per heavy atom. The predicted molar refractivity (Wildman–Crippen MR) is 76.9 cm³/mol. The molecule has 0 spiro atoms. The Hall–Kier alpha value is -1.38. The molecule has 1 aromatic heterocycles. The fourth-order valence-electron chi connectivity index (χ4n) is 3.70. The molecule has 1 N–H and O–H groups in total. The molecular weight excluding hydrogens is 250 g/mol. The Balaban J connectivity index is 1.70. The first kappa shape index (κ1) is 13.6. The Kier molecular flexibility index (Phi) is 3.77. The minimum absolute atomic E-state index is 0.315. The lowest BCUT2D eigenvalue weighted by Gasteiger charge is -2.42. The highest BCUT2D eigenvalue weighted by atomic mass is 15.3. The van der Waals surface area contributed by atoms with Gasteiger partial charge in [0.2, 0.25) is 0 Å². The van der Waals surface area contributed by atoms with Crippen LogP contribution in [0.5, 0.6) is 0 Å². The van der Waals surface area contributed by atoms with Crippen LogP contribution in [0.1, 0.15) is 38.4 Å². The summed E-state index contributed by atoms with van der Waals surface area (Å²) < 4.78 is 2.24. The van der Waals surface area contributed by atoms with E-state index < -0.39 is 0 Å². The number of imidazole rings is 1. The molecule has 2 heterocycles. The standard InChI is InChI=1S/C15H23N5/c1-2-18-15(12-16)5-3-4-13(10-15)20-9-8-19-7-6-17-14(19)11-20/h6-7,13,18H,2-5,8-11H2,1H3. The van der Waals surface area contributed by atoms with E-state index in [0.29, 0.717) is 6.04 Å². The Morgan fingerprint density at radius 1 is 1.55 bits per heavy atom. The van der Waals surface area contributed by atoms with E-state index in [-0.39, 0.29) is 5.54 Å². The number of nitriles is 1. The average Bonchev–Trinajstić information content (AvgIpc) is 2.95. The van der Waals surface area contributed by atoms with Crippen molar-refractivity contribution in [3.05, 3.63) is 18.2 Å². The van der Waals surface area contributed by atoms with Gasteiger partial charge in [-0.15, -0.1) is 0 Å². The van der Waals surface area contributed by atoms with Crippen LogP contribution >= 0.6 is 0 Å². The molecule has 0 aromatic carbocycles. The number of nitrogens with one attached hydrogen (secondary N) is 1. The van der Waals surface area contributed by atoms with E-state index >= 15 is 0 Å². The molecule has 1 aromatic rings. The number of fused-ring (bicyclic) bond motifs is 1. The maximum Gasteiger partial charge on any atom is 0.122 e. The van der Waals surface area contributed by atoms with Crippen LogP contribution in [0.15, 0.2) is 12.4 Å². The van der Waals surface area contributed by atoms with Crippen molar-refractivity contribution in [2.45, 2.75) is 57.3 Å². The van der Waals surface area contributed by atoms with Crippen LogP contribution in [0.25, 0.3) is 0 Å². The van der Waals surface area contributed by atoms with Gasteiger partial charge in [-0.2, -0.15) is 5.26 Å². The van der Waals surface area contributed by atoms with Crippen molar-refractivity contribution in [3.8, 4) is 6.07 Å². The summed E-state index contributed by atoms with van der Waals surface area (Å²) in [7, 11) is 0. The first-order valence-corrected chi connectivity index (χ1v) is 7.67. The lowest BCUT2D eigenvalue weighted by Crippen LogP contribution is -2.53. The monoisotopic (exact) mass is 273 g/mol. The second kappa shape index (κ2) is 5.55. The summed E-state index contributed by atoms with van der Waals surface area (Å²) in [5, 5.41) is 13.0. The molecule has 0 saturated heterocycles. The molecule has 2 atom stereocenters. The fraction of sp³-hybridized carbons (Fsp3) is 0.733. The van der Waals surface area contributed by atoms with E-state index in [1.165, 1.54) is 6.42 Å². The third-order valence-corrected chi connectivity index (χ3v) is 4.74. The van der Waals surface area contributed by atoms with Crippen molar-refractivity contribution in [1.82, 2.24) is 19.8 Å². The van der Waals surface area contributed by atoms with Crippen LogP contribution in [-0.4, -0.2) is 39.1 Å². The molecule has 0 bridgehead atoms. The van der Waals surface area contributed by atoms with Gasteiger partial charge in [0.1, 0.15) is 11.4 Å². The van der Waals surface area contributed by atoms with Gasteiger partial charge in [-0.05, 0) is 32.2 Å². The highest BCUT2D eigenvalue weighted by Crippen LogP contribution is 2.32. The molecule has 1 fully saturated rings. The third-order valence-electron chi connectivity index (χ3n) is 4.74. The lowest BCUT2D eigenvalue weighted by molar-refractivity contribution is 0.0935. The minimum atomic E-state index is -0.315. The predicted octanol–water partition coefficient (Wildman–Crippen LogP) is 1.51. The van der Waals surface area contributed by atoms with Gasteiger partial charge >= 0.3 is 0 Å². The normalized spacial score (nSPS) is 30.7. The van der Waals surface area contributed by atoms with Gasteiger partial charge in [0, 0.05) is 31.5 Å². The Bertz CT molecular complexity index is 499. The van der Waals surface area contributed by atoms with E-state index in [1.807, 2.05) is 6.20 Å². The van der Waals surface area contributed by atoms with Gasteiger partial charge in [-0.3, -0.25) is 10.2 Å². The molecular formula is C15H23N5. The van der Waals surface area contributed by atoms with Gasteiger partial charge in [0.05, 0.1) is 12.6 Å². The molecule has 5 nitrogen and oxygen atoms in total. The summed E-state index contributed by atoms with van der Waals surface area (Å²) in [5.41, 5.74) is -0.315. The van der Waals surface area contributed by atoms with Crippen molar-refractivity contribution >= 4 is 0 Å². The molecule has 1 saturated carbocycles. The molecule has 108 valence electrons. The fourth-order valence-corrected chi connectivity index (χ4v) is 3.70. The number of hydrogen-bond donors (Lipinski definition) is 1. The topological polar surface area (TPSA) is 56.9 Å². The molecule has 1 aliphatic carbocycles. The molecule has 2 unspecified atom stereocenters. The number of nitrogens with zero attached hydrogens (tertiary/aromatic N) is 4. The molecule has 2 aliphatic rings. The van der Waals surface area contributed by atoms with E-state index in [0.717, 1.165) is 51.3 Å². The molecule has 0 amide bonds. The molecule has 0 radical (unpaired) electrons. The number of hydrogen-bond acceptors (Lipinski definition) is 4. The Labute approximate surface area is 120 Å². The maximum atomic E-state index is 9.57. The van der Waals surface area contributed by atoms with Crippen LogP contribution in [0, 0.1) is 11.3 Å². The number of aromatic nitrogens is 2. The van der Waals surface area contributed by atoms with Gasteiger partial charge in [0.25, 0.3) is 0 Å². The Morgan fingerprint density at radius 3 is 3.25 bits per heavy atom. The van der Waals surface area contributed by atoms with Crippen molar-refractivity contribution < 1.29 is 0 Å². The molecule has 20 heavy (non-hydrogen) atoms. The van der Waals surface area contributed by atoms with Crippen LogP contribution in [0.3, 0.4) is 0 Å². The van der Waals surface area contributed by atoms with Crippen molar-refractivity contribution in [1.29, 1.82) is 5.26 Å². The van der Waals surface area contributed by atoms with E-state index in [2.05, 4.69) is 39.0 Å². The van der Waals surface area contributed by atoms with Crippen LogP contribution in [-0.2, 0) is 13.1 Å². The SMILES string of the molecule is CCNC1(C#N)CCCC(N2CCn3ccnc3C2)C1. The van der Waals surface area contributed by atoms with E-state index in [9.17, 15) is 5.26 Å². The van der Waals surface area contributed by atoms with Gasteiger partial charge in [0.15, 0.2) is 0 Å². The third kappa shape index (κ3) is 2.46. The summed E-state index contributed by atoms with van der Waals surface area (Å²) >= 11 is 0. The van der Waals surface area contributed by atoms with E-state index in [1.54, 1.807) is 0 Å². The highest BCUT2D eigenvalue weighted by Gasteiger charge is 2.38. The van der Waals surface area contributed by atoms with Crippen molar-refractivity contribution in [3.63, 3.8) is 0 Å². The first-order chi connectivity index (χ1) is 9.76. The number of rotatable bonds is 3. The van der Waals surface area contributed by atoms with Crippen LogP contribution in [0.2, 0.25) is 0 Å². The van der Waals surface area contributed by atoms with E-state index in [4.69, 9.17) is 0 Å². The largest absolute Gasteiger partial charge is 0.333 e. The zero-order valence-corrected chi connectivity index (χ0v) is 12.2. The van der Waals surface area contributed by atoms with Crippen LogP contribution < -0.4 is 5.32 Å². The van der Waals surface area contributed by atoms with Crippen molar-refractivity contribution in [2.24, 2.45) is 0 Å². The summed E-state index contributed by atoms with van der Waals surface area (Å²) in [6, 6.07) is 3.05. The molecule has 3 rings (SSSR count). The highest BCUT2D eigenvalue weighted by molar-refractivity contribution is 5.11. The van der Waals surface area contributed by atoms with Crippen LogP contribution in [0.4, 0.5) is 0 Å². The lowest BCUT2D eigenvalue weighted by atomic mass is 9.79.